The molecule has 0 radical (unpaired) electrons. The SMILES string of the molecule is Cn1nc2c(c1N1C(=O)NC(C)(C)C1=O)CCC1CC(=O)C(C#N)=CC21C. The summed E-state index contributed by atoms with van der Waals surface area (Å²) in [6.07, 6.45) is 3.39. The van der Waals surface area contributed by atoms with Gasteiger partial charge in [0.15, 0.2) is 5.78 Å². The molecule has 0 aromatic carbocycles. The monoisotopic (exact) mass is 367 g/mol. The fourth-order valence-corrected chi connectivity index (χ4v) is 4.56. The minimum absolute atomic E-state index is 0.0527. The highest BCUT2D eigenvalue weighted by Gasteiger charge is 2.51. The Morgan fingerprint density at radius 2 is 2.00 bits per heavy atom. The van der Waals surface area contributed by atoms with Crippen molar-refractivity contribution in [3.63, 3.8) is 0 Å². The largest absolute Gasteiger partial charge is 0.330 e. The number of fused-ring (bicyclic) bond motifs is 3. The number of nitrogens with zero attached hydrogens (tertiary/aromatic N) is 4. The summed E-state index contributed by atoms with van der Waals surface area (Å²) in [4.78, 5) is 38.6. The van der Waals surface area contributed by atoms with Crippen molar-refractivity contribution in [1.82, 2.24) is 15.1 Å². The number of hydrogen-bond donors (Lipinski definition) is 1. The average molecular weight is 367 g/mol. The van der Waals surface area contributed by atoms with Gasteiger partial charge in [0, 0.05) is 24.4 Å². The van der Waals surface area contributed by atoms with E-state index in [1.165, 1.54) is 4.90 Å². The predicted molar refractivity (Wildman–Crippen MR) is 95.8 cm³/mol. The van der Waals surface area contributed by atoms with Crippen LogP contribution in [0.25, 0.3) is 0 Å². The van der Waals surface area contributed by atoms with Crippen LogP contribution in [-0.4, -0.2) is 33.0 Å². The van der Waals surface area contributed by atoms with Crippen molar-refractivity contribution in [2.24, 2.45) is 13.0 Å². The Bertz CT molecular complexity index is 980. The molecule has 3 amide bonds. The number of imide groups is 1. The number of Topliss-reactive ketones (excluding diaryl/α,β-unsaturated/α-hetero) is 1. The molecular weight excluding hydrogens is 346 g/mol. The number of anilines is 1. The van der Waals surface area contributed by atoms with Crippen molar-refractivity contribution >= 4 is 23.5 Å². The molecule has 140 valence electrons. The fraction of sp³-hybridized carbons (Fsp3) is 0.526. The summed E-state index contributed by atoms with van der Waals surface area (Å²) >= 11 is 0. The van der Waals surface area contributed by atoms with E-state index in [-0.39, 0.29) is 23.2 Å². The first-order chi connectivity index (χ1) is 12.6. The van der Waals surface area contributed by atoms with Crippen LogP contribution in [0.4, 0.5) is 10.6 Å². The summed E-state index contributed by atoms with van der Waals surface area (Å²) in [7, 11) is 1.71. The molecule has 1 aliphatic heterocycles. The van der Waals surface area contributed by atoms with Crippen molar-refractivity contribution in [3.05, 3.63) is 22.9 Å². The van der Waals surface area contributed by atoms with E-state index in [0.717, 1.165) is 17.7 Å². The molecule has 27 heavy (non-hydrogen) atoms. The number of urea groups is 1. The number of aromatic nitrogens is 2. The lowest BCUT2D eigenvalue weighted by atomic mass is 9.61. The Balaban J connectivity index is 1.89. The zero-order valence-electron chi connectivity index (χ0n) is 15.8. The molecule has 4 rings (SSSR count). The van der Waals surface area contributed by atoms with E-state index in [1.807, 2.05) is 13.0 Å². The fourth-order valence-electron chi connectivity index (χ4n) is 4.56. The molecule has 2 atom stereocenters. The van der Waals surface area contributed by atoms with Crippen LogP contribution in [0.2, 0.25) is 0 Å². The first-order valence-electron chi connectivity index (χ1n) is 8.99. The third-order valence-corrected chi connectivity index (χ3v) is 6.08. The van der Waals surface area contributed by atoms with E-state index in [9.17, 15) is 19.6 Å². The van der Waals surface area contributed by atoms with Gasteiger partial charge in [-0.05, 0) is 32.6 Å². The number of nitrogens with one attached hydrogen (secondary N) is 1. The maximum absolute atomic E-state index is 12.8. The molecule has 0 saturated carbocycles. The Morgan fingerprint density at radius 1 is 1.30 bits per heavy atom. The molecule has 8 heteroatoms. The lowest BCUT2D eigenvalue weighted by molar-refractivity contribution is -0.121. The Hall–Kier alpha value is -2.95. The maximum atomic E-state index is 12.8. The van der Waals surface area contributed by atoms with Gasteiger partial charge < -0.3 is 5.32 Å². The average Bonchev–Trinajstić information content (AvgIpc) is 3.01. The van der Waals surface area contributed by atoms with E-state index in [4.69, 9.17) is 0 Å². The number of amides is 3. The summed E-state index contributed by atoms with van der Waals surface area (Å²) in [5, 5.41) is 16.6. The molecule has 1 aromatic heterocycles. The van der Waals surface area contributed by atoms with Gasteiger partial charge in [0.1, 0.15) is 17.4 Å². The third-order valence-electron chi connectivity index (χ3n) is 6.08. The van der Waals surface area contributed by atoms with Crippen LogP contribution < -0.4 is 10.2 Å². The van der Waals surface area contributed by atoms with Gasteiger partial charge in [-0.1, -0.05) is 13.0 Å². The number of ketones is 1. The van der Waals surface area contributed by atoms with Crippen LogP contribution in [-0.2, 0) is 28.5 Å². The van der Waals surface area contributed by atoms with Crippen LogP contribution in [0.5, 0.6) is 0 Å². The summed E-state index contributed by atoms with van der Waals surface area (Å²) in [5.41, 5.74) is 0.185. The number of nitriles is 1. The molecule has 0 spiro atoms. The molecule has 8 nitrogen and oxygen atoms in total. The zero-order valence-corrected chi connectivity index (χ0v) is 15.8. The van der Waals surface area contributed by atoms with Gasteiger partial charge in [0.05, 0.1) is 11.3 Å². The molecule has 1 saturated heterocycles. The van der Waals surface area contributed by atoms with Gasteiger partial charge in [-0.25, -0.2) is 9.69 Å². The van der Waals surface area contributed by atoms with Crippen molar-refractivity contribution in [2.45, 2.75) is 51.0 Å². The Labute approximate surface area is 156 Å². The number of carbonyl (C=O) groups excluding carboxylic acids is 3. The van der Waals surface area contributed by atoms with Crippen LogP contribution in [0.1, 0.15) is 44.9 Å². The third kappa shape index (κ3) is 2.21. The zero-order chi connectivity index (χ0) is 19.7. The van der Waals surface area contributed by atoms with Crippen LogP contribution in [0, 0.1) is 17.2 Å². The number of rotatable bonds is 1. The lowest BCUT2D eigenvalue weighted by Crippen LogP contribution is -2.41. The standard InChI is InChI=1S/C19H21N5O3/c1-18(2)16(26)24(17(27)21-18)15-12-6-5-11-7-13(25)10(9-20)8-19(11,3)14(12)22-23(15)4/h8,11H,5-7H2,1-4H3,(H,21,27). The highest BCUT2D eigenvalue weighted by atomic mass is 16.2. The second-order valence-electron chi connectivity index (χ2n) is 8.29. The second-order valence-corrected chi connectivity index (χ2v) is 8.29. The van der Waals surface area contributed by atoms with Gasteiger partial charge in [-0.2, -0.15) is 10.4 Å². The highest BCUT2D eigenvalue weighted by molar-refractivity contribution is 6.23. The minimum Gasteiger partial charge on any atom is -0.323 e. The normalized spacial score (nSPS) is 29.0. The molecule has 1 aromatic rings. The van der Waals surface area contributed by atoms with E-state index in [2.05, 4.69) is 10.4 Å². The van der Waals surface area contributed by atoms with E-state index in [1.54, 1.807) is 31.7 Å². The van der Waals surface area contributed by atoms with Gasteiger partial charge in [0.2, 0.25) is 0 Å². The topological polar surface area (TPSA) is 108 Å². The van der Waals surface area contributed by atoms with E-state index >= 15 is 0 Å². The van der Waals surface area contributed by atoms with Crippen LogP contribution in [0.15, 0.2) is 11.6 Å². The summed E-state index contributed by atoms with van der Waals surface area (Å²) in [6.45, 7) is 5.32. The van der Waals surface area contributed by atoms with Crippen molar-refractivity contribution in [3.8, 4) is 6.07 Å². The molecule has 2 heterocycles. The first-order valence-corrected chi connectivity index (χ1v) is 8.99. The van der Waals surface area contributed by atoms with Gasteiger partial charge in [-0.3, -0.25) is 14.3 Å². The van der Waals surface area contributed by atoms with Gasteiger partial charge >= 0.3 is 6.03 Å². The second kappa shape index (κ2) is 5.28. The number of allylic oxidation sites excluding steroid dienone is 2. The first kappa shape index (κ1) is 17.5. The molecular formula is C19H21N5O3. The van der Waals surface area contributed by atoms with Gasteiger partial charge in [0.25, 0.3) is 5.91 Å². The number of hydrogen-bond acceptors (Lipinski definition) is 5. The summed E-state index contributed by atoms with van der Waals surface area (Å²) in [5.74, 6) is 0.0755. The summed E-state index contributed by atoms with van der Waals surface area (Å²) in [6, 6.07) is 1.53. The van der Waals surface area contributed by atoms with Crippen LogP contribution in [0.3, 0.4) is 0 Å². The molecule has 0 bridgehead atoms. The van der Waals surface area contributed by atoms with E-state index < -0.39 is 17.0 Å². The minimum atomic E-state index is -0.972. The Morgan fingerprint density at radius 3 is 2.59 bits per heavy atom. The van der Waals surface area contributed by atoms with Gasteiger partial charge in [-0.15, -0.1) is 0 Å². The van der Waals surface area contributed by atoms with Crippen molar-refractivity contribution in [2.75, 3.05) is 4.90 Å². The molecule has 3 aliphatic rings. The number of aryl methyl sites for hydroxylation is 1. The molecule has 1 N–H and O–H groups in total. The maximum Gasteiger partial charge on any atom is 0.330 e. The highest BCUT2D eigenvalue weighted by Crippen LogP contribution is 2.49. The quantitative estimate of drug-likeness (QED) is 0.757. The van der Waals surface area contributed by atoms with Crippen molar-refractivity contribution < 1.29 is 14.4 Å². The molecule has 1 fully saturated rings. The molecule has 2 aliphatic carbocycles. The lowest BCUT2D eigenvalue weighted by Gasteiger charge is -2.40. The summed E-state index contributed by atoms with van der Waals surface area (Å²) < 4.78 is 1.56. The number of carbonyl (C=O) groups is 3. The smallest absolute Gasteiger partial charge is 0.323 e. The predicted octanol–water partition coefficient (Wildman–Crippen LogP) is 1.50. The molecule has 2 unspecified atom stereocenters. The van der Waals surface area contributed by atoms with Crippen molar-refractivity contribution in [1.29, 1.82) is 5.26 Å². The Kier molecular flexibility index (Phi) is 3.42. The van der Waals surface area contributed by atoms with Crippen LogP contribution >= 0.6 is 0 Å². The van der Waals surface area contributed by atoms with E-state index in [0.29, 0.717) is 18.7 Å².